The standard InChI is InChI=1S/C15H22N2O2S.ClH/c1-10(15(18)17-9-14(16)11-3-4-11)20-13-7-5-12(19-2)6-8-13;/h5-8,10-11,14H,3-4,9,16H2,1-2H3,(H,17,18);1H. The lowest BCUT2D eigenvalue weighted by molar-refractivity contribution is -0.120. The zero-order valence-electron chi connectivity index (χ0n) is 12.4. The summed E-state index contributed by atoms with van der Waals surface area (Å²) >= 11 is 1.54. The largest absolute Gasteiger partial charge is 0.497 e. The molecule has 0 heterocycles. The summed E-state index contributed by atoms with van der Waals surface area (Å²) in [7, 11) is 1.64. The van der Waals surface area contributed by atoms with Gasteiger partial charge in [0.25, 0.3) is 0 Å². The minimum Gasteiger partial charge on any atom is -0.497 e. The first-order valence-corrected chi connectivity index (χ1v) is 7.82. The molecule has 1 fully saturated rings. The molecule has 21 heavy (non-hydrogen) atoms. The number of carbonyl (C=O) groups excluding carboxylic acids is 1. The van der Waals surface area contributed by atoms with Crippen LogP contribution in [0.25, 0.3) is 0 Å². The van der Waals surface area contributed by atoms with E-state index >= 15 is 0 Å². The van der Waals surface area contributed by atoms with E-state index in [-0.39, 0.29) is 29.6 Å². The van der Waals surface area contributed by atoms with Gasteiger partial charge < -0.3 is 15.8 Å². The summed E-state index contributed by atoms with van der Waals surface area (Å²) in [5, 5.41) is 2.81. The van der Waals surface area contributed by atoms with Crippen molar-refractivity contribution < 1.29 is 9.53 Å². The molecule has 0 radical (unpaired) electrons. The van der Waals surface area contributed by atoms with E-state index in [0.717, 1.165) is 10.6 Å². The van der Waals surface area contributed by atoms with Crippen LogP contribution in [0.2, 0.25) is 0 Å². The Balaban J connectivity index is 0.00000220. The van der Waals surface area contributed by atoms with Gasteiger partial charge in [-0.15, -0.1) is 24.2 Å². The minimum absolute atomic E-state index is 0. The second-order valence-corrected chi connectivity index (χ2v) is 6.60. The Bertz CT molecular complexity index is 451. The fraction of sp³-hybridized carbons (Fsp3) is 0.533. The fourth-order valence-corrected chi connectivity index (χ4v) is 2.86. The molecule has 1 amide bonds. The molecule has 118 valence electrons. The van der Waals surface area contributed by atoms with Crippen LogP contribution in [-0.4, -0.2) is 30.9 Å². The van der Waals surface area contributed by atoms with Gasteiger partial charge in [-0.3, -0.25) is 4.79 Å². The summed E-state index contributed by atoms with van der Waals surface area (Å²) < 4.78 is 5.11. The first kappa shape index (κ1) is 18.1. The smallest absolute Gasteiger partial charge is 0.233 e. The summed E-state index contributed by atoms with van der Waals surface area (Å²) in [5.74, 6) is 1.48. The number of thioether (sulfide) groups is 1. The van der Waals surface area contributed by atoms with Crippen LogP contribution in [0.5, 0.6) is 5.75 Å². The van der Waals surface area contributed by atoms with E-state index in [1.807, 2.05) is 31.2 Å². The van der Waals surface area contributed by atoms with Crippen LogP contribution in [0.4, 0.5) is 0 Å². The molecule has 0 saturated heterocycles. The summed E-state index contributed by atoms with van der Waals surface area (Å²) in [4.78, 5) is 13.1. The molecule has 1 aliphatic carbocycles. The van der Waals surface area contributed by atoms with Gasteiger partial charge in [0.05, 0.1) is 12.4 Å². The second kappa shape index (κ2) is 8.51. The lowest BCUT2D eigenvalue weighted by Gasteiger charge is -2.15. The highest BCUT2D eigenvalue weighted by atomic mass is 35.5. The van der Waals surface area contributed by atoms with E-state index in [2.05, 4.69) is 5.32 Å². The van der Waals surface area contributed by atoms with Crippen LogP contribution >= 0.6 is 24.2 Å². The molecule has 0 spiro atoms. The molecule has 2 atom stereocenters. The average Bonchev–Trinajstić information content (AvgIpc) is 3.29. The van der Waals surface area contributed by atoms with Gasteiger partial charge in [-0.2, -0.15) is 0 Å². The summed E-state index contributed by atoms with van der Waals surface area (Å²) in [6.07, 6.45) is 2.40. The third kappa shape index (κ3) is 5.77. The van der Waals surface area contributed by atoms with Crippen LogP contribution < -0.4 is 15.8 Å². The van der Waals surface area contributed by atoms with Crippen molar-refractivity contribution in [2.24, 2.45) is 11.7 Å². The molecule has 1 saturated carbocycles. The number of amides is 1. The van der Waals surface area contributed by atoms with Crippen LogP contribution in [-0.2, 0) is 4.79 Å². The van der Waals surface area contributed by atoms with Gasteiger partial charge in [0.15, 0.2) is 0 Å². The molecule has 0 aromatic heterocycles. The maximum Gasteiger partial charge on any atom is 0.233 e. The molecule has 2 unspecified atom stereocenters. The van der Waals surface area contributed by atoms with E-state index < -0.39 is 0 Å². The Labute approximate surface area is 136 Å². The molecular formula is C15H23ClN2O2S. The second-order valence-electron chi connectivity index (χ2n) is 5.18. The number of ether oxygens (including phenoxy) is 1. The number of nitrogens with two attached hydrogens (primary N) is 1. The maximum absolute atomic E-state index is 12.0. The predicted octanol–water partition coefficient (Wildman–Crippen LogP) is 2.45. The van der Waals surface area contributed by atoms with Crippen molar-refractivity contribution in [1.29, 1.82) is 0 Å². The Kier molecular flexibility index (Phi) is 7.35. The number of methoxy groups -OCH3 is 1. The summed E-state index contributed by atoms with van der Waals surface area (Å²) in [5.41, 5.74) is 5.98. The third-order valence-electron chi connectivity index (χ3n) is 3.48. The van der Waals surface area contributed by atoms with Crippen molar-refractivity contribution in [2.75, 3.05) is 13.7 Å². The number of benzene rings is 1. The van der Waals surface area contributed by atoms with Crippen molar-refractivity contribution in [3.05, 3.63) is 24.3 Å². The van der Waals surface area contributed by atoms with Gasteiger partial charge >= 0.3 is 0 Å². The van der Waals surface area contributed by atoms with E-state index in [4.69, 9.17) is 10.5 Å². The van der Waals surface area contributed by atoms with Crippen LogP contribution in [0, 0.1) is 5.92 Å². The molecule has 0 aliphatic heterocycles. The zero-order valence-corrected chi connectivity index (χ0v) is 14.0. The number of rotatable bonds is 7. The molecule has 1 aliphatic rings. The number of carbonyl (C=O) groups is 1. The van der Waals surface area contributed by atoms with Gasteiger partial charge in [-0.25, -0.2) is 0 Å². The van der Waals surface area contributed by atoms with E-state index in [0.29, 0.717) is 12.5 Å². The molecule has 0 bridgehead atoms. The monoisotopic (exact) mass is 330 g/mol. The van der Waals surface area contributed by atoms with Crippen molar-refractivity contribution in [2.45, 2.75) is 36.0 Å². The van der Waals surface area contributed by atoms with Gasteiger partial charge in [0.2, 0.25) is 5.91 Å². The SMILES string of the molecule is COc1ccc(SC(C)C(=O)NCC(N)C2CC2)cc1.Cl. The van der Waals surface area contributed by atoms with Crippen molar-refractivity contribution in [3.63, 3.8) is 0 Å². The van der Waals surface area contributed by atoms with Crippen LogP contribution in [0.3, 0.4) is 0 Å². The highest BCUT2D eigenvalue weighted by Crippen LogP contribution is 2.31. The molecule has 3 N–H and O–H groups in total. The number of hydrogen-bond acceptors (Lipinski definition) is 4. The van der Waals surface area contributed by atoms with E-state index in [1.165, 1.54) is 24.6 Å². The predicted molar refractivity (Wildman–Crippen MR) is 89.3 cm³/mol. The first-order chi connectivity index (χ1) is 9.60. The zero-order chi connectivity index (χ0) is 14.5. The van der Waals surface area contributed by atoms with Crippen LogP contribution in [0.15, 0.2) is 29.2 Å². The fourth-order valence-electron chi connectivity index (χ4n) is 1.97. The molecule has 1 aromatic rings. The summed E-state index contributed by atoms with van der Waals surface area (Å²) in [6, 6.07) is 7.83. The Hall–Kier alpha value is -0.910. The highest BCUT2D eigenvalue weighted by molar-refractivity contribution is 8.00. The molecule has 6 heteroatoms. The molecular weight excluding hydrogens is 308 g/mol. The lowest BCUT2D eigenvalue weighted by Crippen LogP contribution is -2.41. The molecule has 2 rings (SSSR count). The minimum atomic E-state index is -0.130. The van der Waals surface area contributed by atoms with Gasteiger partial charge in [0.1, 0.15) is 5.75 Å². The van der Waals surface area contributed by atoms with Gasteiger partial charge in [-0.05, 0) is 49.9 Å². The topological polar surface area (TPSA) is 64.3 Å². The highest BCUT2D eigenvalue weighted by Gasteiger charge is 2.28. The Morgan fingerprint density at radius 2 is 2.05 bits per heavy atom. The van der Waals surface area contributed by atoms with Gasteiger partial charge in [0, 0.05) is 17.5 Å². The maximum atomic E-state index is 12.0. The third-order valence-corrected chi connectivity index (χ3v) is 4.59. The van der Waals surface area contributed by atoms with Gasteiger partial charge in [-0.1, -0.05) is 0 Å². The number of halogens is 1. The van der Waals surface area contributed by atoms with Crippen molar-refractivity contribution in [1.82, 2.24) is 5.32 Å². The van der Waals surface area contributed by atoms with E-state index in [1.54, 1.807) is 7.11 Å². The summed E-state index contributed by atoms with van der Waals surface area (Å²) in [6.45, 7) is 2.49. The van der Waals surface area contributed by atoms with Crippen molar-refractivity contribution in [3.8, 4) is 5.75 Å². The normalized spacial score (nSPS) is 16.5. The molecule has 1 aromatic carbocycles. The average molecular weight is 331 g/mol. The molecule has 4 nitrogen and oxygen atoms in total. The number of nitrogens with one attached hydrogen (secondary N) is 1. The van der Waals surface area contributed by atoms with Crippen LogP contribution in [0.1, 0.15) is 19.8 Å². The van der Waals surface area contributed by atoms with E-state index in [9.17, 15) is 4.79 Å². The lowest BCUT2D eigenvalue weighted by atomic mass is 10.2. The Morgan fingerprint density at radius 1 is 1.43 bits per heavy atom. The first-order valence-electron chi connectivity index (χ1n) is 6.94. The quantitative estimate of drug-likeness (QED) is 0.754. The van der Waals surface area contributed by atoms with Crippen molar-refractivity contribution >= 4 is 30.1 Å². The Morgan fingerprint density at radius 3 is 2.57 bits per heavy atom. The number of hydrogen-bond donors (Lipinski definition) is 2.